The van der Waals surface area contributed by atoms with Crippen molar-refractivity contribution in [1.29, 1.82) is 0 Å². The van der Waals surface area contributed by atoms with Gasteiger partial charge in [0.25, 0.3) is 0 Å². The van der Waals surface area contributed by atoms with Crippen molar-refractivity contribution < 1.29 is 0 Å². The highest BCUT2D eigenvalue weighted by Crippen LogP contribution is 2.36. The molecule has 0 atom stereocenters. The zero-order chi connectivity index (χ0) is 14.3. The lowest BCUT2D eigenvalue weighted by molar-refractivity contribution is 0.513. The summed E-state index contributed by atoms with van der Waals surface area (Å²) in [6.07, 6.45) is 6.75. The predicted octanol–water partition coefficient (Wildman–Crippen LogP) is 2.66. The van der Waals surface area contributed by atoms with E-state index in [9.17, 15) is 0 Å². The minimum atomic E-state index is 0.330. The van der Waals surface area contributed by atoms with Gasteiger partial charge in [-0.1, -0.05) is 19.4 Å². The Kier molecular flexibility index (Phi) is 3.12. The van der Waals surface area contributed by atoms with Crippen molar-refractivity contribution >= 4 is 22.7 Å². The summed E-state index contributed by atoms with van der Waals surface area (Å²) in [7, 11) is 4.03. The van der Waals surface area contributed by atoms with Crippen LogP contribution in [-0.4, -0.2) is 33.5 Å². The van der Waals surface area contributed by atoms with Gasteiger partial charge in [0.1, 0.15) is 5.65 Å². The molecule has 2 heterocycles. The van der Waals surface area contributed by atoms with Crippen LogP contribution in [0.4, 0.5) is 5.95 Å². The van der Waals surface area contributed by atoms with Gasteiger partial charge in [-0.15, -0.1) is 0 Å². The number of fused-ring (bicyclic) bond motifs is 1. The summed E-state index contributed by atoms with van der Waals surface area (Å²) < 4.78 is 2.31. The maximum absolute atomic E-state index is 5.77. The van der Waals surface area contributed by atoms with E-state index in [1.165, 1.54) is 25.7 Å². The SMILES string of the molecule is C=C(c1cc2cnc(N)nc2n1C1CCCC1)N(C)C. The Hall–Kier alpha value is -2.04. The Morgan fingerprint density at radius 1 is 1.40 bits per heavy atom. The Bertz CT molecular complexity index is 650. The van der Waals surface area contributed by atoms with Crippen molar-refractivity contribution in [3.05, 3.63) is 24.5 Å². The zero-order valence-corrected chi connectivity index (χ0v) is 12.1. The highest BCUT2D eigenvalue weighted by atomic mass is 15.2. The van der Waals surface area contributed by atoms with Crippen LogP contribution in [0.25, 0.3) is 16.7 Å². The second-order valence-corrected chi connectivity index (χ2v) is 5.69. The second-order valence-electron chi connectivity index (χ2n) is 5.69. The molecule has 1 aliphatic rings. The van der Waals surface area contributed by atoms with Crippen LogP contribution in [0.15, 0.2) is 18.8 Å². The predicted molar refractivity (Wildman–Crippen MR) is 82.2 cm³/mol. The monoisotopic (exact) mass is 271 g/mol. The van der Waals surface area contributed by atoms with E-state index in [1.54, 1.807) is 6.20 Å². The molecule has 0 unspecified atom stereocenters. The van der Waals surface area contributed by atoms with Gasteiger partial charge in [0.05, 0.1) is 11.4 Å². The molecule has 0 spiro atoms. The molecule has 0 saturated heterocycles. The Balaban J connectivity index is 2.22. The molecule has 1 aliphatic carbocycles. The number of nitrogens with two attached hydrogens (primary N) is 1. The summed E-state index contributed by atoms with van der Waals surface area (Å²) in [5.74, 6) is 0.330. The normalized spacial score (nSPS) is 15.9. The molecule has 0 aliphatic heterocycles. The third kappa shape index (κ3) is 2.03. The average Bonchev–Trinajstić information content (AvgIpc) is 3.03. The van der Waals surface area contributed by atoms with Crippen LogP contribution in [0.5, 0.6) is 0 Å². The Morgan fingerprint density at radius 3 is 2.75 bits per heavy atom. The van der Waals surface area contributed by atoms with Gasteiger partial charge < -0.3 is 15.2 Å². The first kappa shape index (κ1) is 13.0. The van der Waals surface area contributed by atoms with Crippen molar-refractivity contribution in [2.45, 2.75) is 31.7 Å². The van der Waals surface area contributed by atoms with Crippen LogP contribution in [0.1, 0.15) is 37.4 Å². The lowest BCUT2D eigenvalue weighted by Crippen LogP contribution is -2.15. The number of hydrogen-bond donors (Lipinski definition) is 1. The van der Waals surface area contributed by atoms with Gasteiger partial charge in [-0.05, 0) is 18.9 Å². The van der Waals surface area contributed by atoms with Crippen LogP contribution in [-0.2, 0) is 0 Å². The van der Waals surface area contributed by atoms with Gasteiger partial charge >= 0.3 is 0 Å². The number of nitrogen functional groups attached to an aromatic ring is 1. The van der Waals surface area contributed by atoms with E-state index in [0.29, 0.717) is 12.0 Å². The van der Waals surface area contributed by atoms with Crippen LogP contribution in [0.3, 0.4) is 0 Å². The highest BCUT2D eigenvalue weighted by Gasteiger charge is 2.24. The first-order chi connectivity index (χ1) is 9.58. The summed E-state index contributed by atoms with van der Waals surface area (Å²) in [4.78, 5) is 10.6. The van der Waals surface area contributed by atoms with Crippen molar-refractivity contribution in [2.75, 3.05) is 19.8 Å². The molecule has 5 heteroatoms. The van der Waals surface area contributed by atoms with Crippen LogP contribution < -0.4 is 5.73 Å². The molecule has 0 bridgehead atoms. The van der Waals surface area contributed by atoms with Gasteiger partial charge in [-0.2, -0.15) is 4.98 Å². The maximum atomic E-state index is 5.77. The molecule has 5 nitrogen and oxygen atoms in total. The summed E-state index contributed by atoms with van der Waals surface area (Å²) in [5, 5.41) is 1.03. The average molecular weight is 271 g/mol. The molecular formula is C15H21N5. The molecule has 3 rings (SSSR count). The van der Waals surface area contributed by atoms with Gasteiger partial charge in [0.15, 0.2) is 0 Å². The van der Waals surface area contributed by atoms with Crippen molar-refractivity contribution in [3.63, 3.8) is 0 Å². The number of aromatic nitrogens is 3. The van der Waals surface area contributed by atoms with Gasteiger partial charge in [-0.3, -0.25) is 0 Å². The molecule has 0 radical (unpaired) electrons. The lowest BCUT2D eigenvalue weighted by Gasteiger charge is -2.22. The van der Waals surface area contributed by atoms with E-state index in [-0.39, 0.29) is 0 Å². The molecule has 2 aromatic rings. The van der Waals surface area contributed by atoms with Crippen LogP contribution >= 0.6 is 0 Å². The van der Waals surface area contributed by atoms with E-state index < -0.39 is 0 Å². The minimum absolute atomic E-state index is 0.330. The number of hydrogen-bond acceptors (Lipinski definition) is 4. The third-order valence-corrected chi connectivity index (χ3v) is 4.12. The summed E-state index contributed by atoms with van der Waals surface area (Å²) in [6.45, 7) is 4.20. The fraction of sp³-hybridized carbons (Fsp3) is 0.467. The van der Waals surface area contributed by atoms with Gasteiger partial charge in [-0.25, -0.2) is 4.98 Å². The molecule has 2 N–H and O–H groups in total. The Labute approximate surface area is 119 Å². The number of nitrogens with zero attached hydrogens (tertiary/aromatic N) is 4. The van der Waals surface area contributed by atoms with E-state index >= 15 is 0 Å². The molecule has 2 aromatic heterocycles. The van der Waals surface area contributed by atoms with E-state index in [4.69, 9.17) is 5.73 Å². The van der Waals surface area contributed by atoms with Gasteiger partial charge in [0.2, 0.25) is 5.95 Å². The van der Waals surface area contributed by atoms with Crippen LogP contribution in [0, 0.1) is 0 Å². The summed E-state index contributed by atoms with van der Waals surface area (Å²) >= 11 is 0. The first-order valence-corrected chi connectivity index (χ1v) is 7.08. The zero-order valence-electron chi connectivity index (χ0n) is 12.1. The fourth-order valence-corrected chi connectivity index (χ4v) is 3.00. The number of anilines is 1. The van der Waals surface area contributed by atoms with Crippen molar-refractivity contribution in [3.8, 4) is 0 Å². The van der Waals surface area contributed by atoms with E-state index in [0.717, 1.165) is 22.4 Å². The molecular weight excluding hydrogens is 250 g/mol. The second kappa shape index (κ2) is 4.81. The quantitative estimate of drug-likeness (QED) is 0.932. The van der Waals surface area contributed by atoms with E-state index in [1.807, 2.05) is 19.0 Å². The molecule has 1 saturated carbocycles. The molecule has 1 fully saturated rings. The first-order valence-electron chi connectivity index (χ1n) is 7.08. The third-order valence-electron chi connectivity index (χ3n) is 4.12. The topological polar surface area (TPSA) is 60.0 Å². The molecule has 106 valence electrons. The maximum Gasteiger partial charge on any atom is 0.221 e. The Morgan fingerprint density at radius 2 is 2.10 bits per heavy atom. The van der Waals surface area contributed by atoms with Crippen LogP contribution in [0.2, 0.25) is 0 Å². The smallest absolute Gasteiger partial charge is 0.221 e. The van der Waals surface area contributed by atoms with Crippen molar-refractivity contribution in [1.82, 2.24) is 19.4 Å². The van der Waals surface area contributed by atoms with E-state index in [2.05, 4.69) is 27.2 Å². The minimum Gasteiger partial charge on any atom is -0.376 e. The summed E-state index contributed by atoms with van der Waals surface area (Å²) in [6, 6.07) is 2.61. The van der Waals surface area contributed by atoms with Gasteiger partial charge in [0, 0.05) is 31.7 Å². The largest absolute Gasteiger partial charge is 0.376 e. The molecule has 0 amide bonds. The lowest BCUT2D eigenvalue weighted by atomic mass is 10.2. The summed E-state index contributed by atoms with van der Waals surface area (Å²) in [5.41, 5.74) is 8.82. The standard InChI is InChI=1S/C15H21N5/c1-10(19(2)3)13-8-11-9-17-15(16)18-14(11)20(13)12-6-4-5-7-12/h8-9,12H,1,4-7H2,2-3H3,(H2,16,17,18). The van der Waals surface area contributed by atoms with Crippen molar-refractivity contribution in [2.24, 2.45) is 0 Å². The highest BCUT2D eigenvalue weighted by molar-refractivity contribution is 5.82. The molecule has 0 aromatic carbocycles. The number of rotatable bonds is 3. The molecule has 20 heavy (non-hydrogen) atoms. The fourth-order valence-electron chi connectivity index (χ4n) is 3.00.